The van der Waals surface area contributed by atoms with Crippen LogP contribution in [0.3, 0.4) is 0 Å². The summed E-state index contributed by atoms with van der Waals surface area (Å²) in [7, 11) is 0. The summed E-state index contributed by atoms with van der Waals surface area (Å²) < 4.78 is 5.40. The molecular weight excluding hydrogens is 280 g/mol. The molecule has 0 aliphatic rings. The van der Waals surface area contributed by atoms with Crippen molar-refractivity contribution in [2.24, 2.45) is 0 Å². The summed E-state index contributed by atoms with van der Waals surface area (Å²) in [5, 5.41) is 9.29. The van der Waals surface area contributed by atoms with Crippen LogP contribution in [0.4, 0.5) is 0 Å². The Morgan fingerprint density at radius 3 is 2.45 bits per heavy atom. The van der Waals surface area contributed by atoms with E-state index in [1.54, 1.807) is 36.4 Å². The van der Waals surface area contributed by atoms with Gasteiger partial charge in [-0.25, -0.2) is 4.79 Å². The van der Waals surface area contributed by atoms with Crippen molar-refractivity contribution in [2.45, 2.75) is 0 Å². The third-order valence-electron chi connectivity index (χ3n) is 3.36. The molecule has 0 spiro atoms. The molecule has 0 aliphatic heterocycles. The molecule has 1 heterocycles. The standard InChI is InChI=1S/C18H12O4/c19-11-14-8-9-17(22-14)13-5-3-4-12(10-13)15-6-1-2-7-16(15)18(20)21/h1-11H,(H,20,21). The monoisotopic (exact) mass is 292 g/mol. The maximum Gasteiger partial charge on any atom is 0.336 e. The van der Waals surface area contributed by atoms with Crippen LogP contribution in [-0.2, 0) is 0 Å². The van der Waals surface area contributed by atoms with Gasteiger partial charge < -0.3 is 9.52 Å². The number of hydrogen-bond acceptors (Lipinski definition) is 3. The first-order valence-electron chi connectivity index (χ1n) is 6.67. The maximum atomic E-state index is 11.3. The Hall–Kier alpha value is -3.14. The highest BCUT2D eigenvalue weighted by atomic mass is 16.4. The molecule has 1 N–H and O–H groups in total. The van der Waals surface area contributed by atoms with Gasteiger partial charge in [0.05, 0.1) is 5.56 Å². The van der Waals surface area contributed by atoms with Crippen LogP contribution < -0.4 is 0 Å². The van der Waals surface area contributed by atoms with E-state index in [2.05, 4.69) is 0 Å². The van der Waals surface area contributed by atoms with Crippen molar-refractivity contribution in [1.29, 1.82) is 0 Å². The lowest BCUT2D eigenvalue weighted by molar-refractivity contribution is 0.0697. The second-order valence-corrected chi connectivity index (χ2v) is 4.75. The van der Waals surface area contributed by atoms with E-state index >= 15 is 0 Å². The Balaban J connectivity index is 2.08. The molecule has 3 aromatic rings. The lowest BCUT2D eigenvalue weighted by Gasteiger charge is -2.07. The third kappa shape index (κ3) is 2.54. The molecule has 108 valence electrons. The van der Waals surface area contributed by atoms with Crippen molar-refractivity contribution in [3.8, 4) is 22.5 Å². The maximum absolute atomic E-state index is 11.3. The smallest absolute Gasteiger partial charge is 0.336 e. The van der Waals surface area contributed by atoms with Crippen molar-refractivity contribution in [1.82, 2.24) is 0 Å². The van der Waals surface area contributed by atoms with Crippen molar-refractivity contribution in [3.63, 3.8) is 0 Å². The van der Waals surface area contributed by atoms with E-state index < -0.39 is 5.97 Å². The van der Waals surface area contributed by atoms with E-state index in [4.69, 9.17) is 4.42 Å². The number of benzene rings is 2. The molecule has 0 unspecified atom stereocenters. The van der Waals surface area contributed by atoms with E-state index in [9.17, 15) is 14.7 Å². The second-order valence-electron chi connectivity index (χ2n) is 4.75. The zero-order chi connectivity index (χ0) is 15.5. The molecule has 0 fully saturated rings. The predicted octanol–water partition coefficient (Wildman–Crippen LogP) is 4.12. The summed E-state index contributed by atoms with van der Waals surface area (Å²) in [5.41, 5.74) is 2.44. The van der Waals surface area contributed by atoms with Gasteiger partial charge in [0.2, 0.25) is 0 Å². The van der Waals surface area contributed by atoms with Crippen molar-refractivity contribution < 1.29 is 19.1 Å². The van der Waals surface area contributed by atoms with Crippen LogP contribution in [0.2, 0.25) is 0 Å². The van der Waals surface area contributed by atoms with Crippen LogP contribution in [0.5, 0.6) is 0 Å². The lowest BCUT2D eigenvalue weighted by Crippen LogP contribution is -1.98. The highest BCUT2D eigenvalue weighted by Gasteiger charge is 2.12. The van der Waals surface area contributed by atoms with Crippen molar-refractivity contribution in [2.75, 3.05) is 0 Å². The van der Waals surface area contributed by atoms with Gasteiger partial charge in [0, 0.05) is 5.56 Å². The SMILES string of the molecule is O=Cc1ccc(-c2cccc(-c3ccccc3C(=O)O)c2)o1. The average molecular weight is 292 g/mol. The number of hydrogen-bond donors (Lipinski definition) is 1. The molecule has 2 aromatic carbocycles. The van der Waals surface area contributed by atoms with Crippen LogP contribution in [0, 0.1) is 0 Å². The Bertz CT molecular complexity index is 846. The summed E-state index contributed by atoms with van der Waals surface area (Å²) in [6.07, 6.45) is 0.646. The zero-order valence-corrected chi connectivity index (χ0v) is 11.5. The molecule has 0 bridgehead atoms. The molecule has 0 atom stereocenters. The number of rotatable bonds is 4. The number of carboxylic acids is 1. The van der Waals surface area contributed by atoms with E-state index in [-0.39, 0.29) is 11.3 Å². The molecule has 0 saturated carbocycles. The van der Waals surface area contributed by atoms with Gasteiger partial charge >= 0.3 is 5.97 Å². The van der Waals surface area contributed by atoms with Gasteiger partial charge in [-0.2, -0.15) is 0 Å². The highest BCUT2D eigenvalue weighted by molar-refractivity contribution is 5.96. The lowest BCUT2D eigenvalue weighted by atomic mass is 9.97. The third-order valence-corrected chi connectivity index (χ3v) is 3.36. The minimum atomic E-state index is -0.970. The Kier molecular flexibility index (Phi) is 3.58. The molecule has 0 aliphatic carbocycles. The number of aldehydes is 1. The zero-order valence-electron chi connectivity index (χ0n) is 11.5. The second kappa shape index (κ2) is 5.69. The number of carbonyl (C=O) groups excluding carboxylic acids is 1. The van der Waals surface area contributed by atoms with Gasteiger partial charge in [-0.05, 0) is 35.4 Å². The summed E-state index contributed by atoms with van der Waals surface area (Å²) in [5.74, 6) is -0.148. The normalized spacial score (nSPS) is 10.4. The summed E-state index contributed by atoms with van der Waals surface area (Å²) in [6.45, 7) is 0. The van der Waals surface area contributed by atoms with E-state index in [1.165, 1.54) is 0 Å². The van der Waals surface area contributed by atoms with Crippen LogP contribution in [0.15, 0.2) is 65.1 Å². The van der Waals surface area contributed by atoms with Gasteiger partial charge in [-0.1, -0.05) is 36.4 Å². The van der Waals surface area contributed by atoms with Crippen LogP contribution in [0.1, 0.15) is 20.9 Å². The molecular formula is C18H12O4. The van der Waals surface area contributed by atoms with Gasteiger partial charge in [0.25, 0.3) is 0 Å². The minimum absolute atomic E-state index is 0.243. The first-order valence-corrected chi connectivity index (χ1v) is 6.67. The predicted molar refractivity (Wildman–Crippen MR) is 81.9 cm³/mol. The van der Waals surface area contributed by atoms with Gasteiger partial charge in [0.15, 0.2) is 12.0 Å². The molecule has 0 radical (unpaired) electrons. The molecule has 1 aromatic heterocycles. The summed E-state index contributed by atoms with van der Waals surface area (Å²) >= 11 is 0. The fourth-order valence-electron chi connectivity index (χ4n) is 2.33. The van der Waals surface area contributed by atoms with Gasteiger partial charge in [-0.15, -0.1) is 0 Å². The van der Waals surface area contributed by atoms with Crippen LogP contribution in [0.25, 0.3) is 22.5 Å². The van der Waals surface area contributed by atoms with Crippen LogP contribution >= 0.6 is 0 Å². The molecule has 4 heteroatoms. The Morgan fingerprint density at radius 2 is 1.73 bits per heavy atom. The van der Waals surface area contributed by atoms with Gasteiger partial charge in [0.1, 0.15) is 5.76 Å². The highest BCUT2D eigenvalue weighted by Crippen LogP contribution is 2.29. The summed E-state index contributed by atoms with van der Waals surface area (Å²) in [4.78, 5) is 22.0. The number of furan rings is 1. The molecule has 22 heavy (non-hydrogen) atoms. The number of carboxylic acid groups (broad SMARTS) is 1. The van der Waals surface area contributed by atoms with Crippen LogP contribution in [-0.4, -0.2) is 17.4 Å². The van der Waals surface area contributed by atoms with E-state index in [1.807, 2.05) is 24.3 Å². The fraction of sp³-hybridized carbons (Fsp3) is 0. The van der Waals surface area contributed by atoms with Crippen molar-refractivity contribution >= 4 is 12.3 Å². The minimum Gasteiger partial charge on any atom is -0.478 e. The topological polar surface area (TPSA) is 67.5 Å². The molecule has 0 amide bonds. The quantitative estimate of drug-likeness (QED) is 0.734. The largest absolute Gasteiger partial charge is 0.478 e. The molecule has 4 nitrogen and oxygen atoms in total. The van der Waals surface area contributed by atoms with E-state index in [0.717, 1.165) is 11.1 Å². The number of carbonyl (C=O) groups is 2. The first-order chi connectivity index (χ1) is 10.7. The summed E-state index contributed by atoms with van der Waals surface area (Å²) in [6, 6.07) is 17.5. The van der Waals surface area contributed by atoms with E-state index in [0.29, 0.717) is 17.6 Å². The molecule has 0 saturated heterocycles. The fourth-order valence-corrected chi connectivity index (χ4v) is 2.33. The Morgan fingerprint density at radius 1 is 0.955 bits per heavy atom. The van der Waals surface area contributed by atoms with Gasteiger partial charge in [-0.3, -0.25) is 4.79 Å². The average Bonchev–Trinajstić information content (AvgIpc) is 3.04. The number of aromatic carboxylic acids is 1. The molecule has 3 rings (SSSR count). The Labute approximate surface area is 126 Å². The first kappa shape index (κ1) is 13.8. The van der Waals surface area contributed by atoms with Crippen molar-refractivity contribution in [3.05, 3.63) is 72.0 Å².